The first-order valence-electron chi connectivity index (χ1n) is 5.82. The molecule has 0 spiro atoms. The number of carboxylic acid groups (broad SMARTS) is 1. The van der Waals surface area contributed by atoms with E-state index in [1.165, 1.54) is 0 Å². The lowest BCUT2D eigenvalue weighted by Gasteiger charge is -2.09. The highest BCUT2D eigenvalue weighted by atomic mass is 35.5. The number of hydrogen-bond acceptors (Lipinski definition) is 2. The van der Waals surface area contributed by atoms with Crippen molar-refractivity contribution in [2.75, 3.05) is 11.9 Å². The summed E-state index contributed by atoms with van der Waals surface area (Å²) in [5, 5.41) is 12.5. The molecule has 0 fully saturated rings. The molecular weight excluding hydrogens is 238 g/mol. The molecule has 1 aromatic rings. The first-order valence-corrected chi connectivity index (χ1v) is 6.20. The Morgan fingerprint density at radius 1 is 1.35 bits per heavy atom. The van der Waals surface area contributed by atoms with Crippen molar-refractivity contribution in [2.24, 2.45) is 0 Å². The molecular formula is C13H18ClNO2. The van der Waals surface area contributed by atoms with Gasteiger partial charge in [0, 0.05) is 13.0 Å². The van der Waals surface area contributed by atoms with Gasteiger partial charge in [0.1, 0.15) is 0 Å². The lowest BCUT2D eigenvalue weighted by molar-refractivity contribution is -0.137. The van der Waals surface area contributed by atoms with Gasteiger partial charge in [-0.3, -0.25) is 4.79 Å². The van der Waals surface area contributed by atoms with E-state index in [0.717, 1.165) is 42.1 Å². The van der Waals surface area contributed by atoms with E-state index in [1.54, 1.807) is 0 Å². The molecule has 0 aliphatic carbocycles. The van der Waals surface area contributed by atoms with Crippen LogP contribution in [0.1, 0.15) is 31.2 Å². The molecule has 2 N–H and O–H groups in total. The van der Waals surface area contributed by atoms with E-state index in [-0.39, 0.29) is 6.42 Å². The van der Waals surface area contributed by atoms with Crippen molar-refractivity contribution in [2.45, 2.75) is 32.6 Å². The van der Waals surface area contributed by atoms with Crippen LogP contribution < -0.4 is 5.32 Å². The molecule has 1 rings (SSSR count). The van der Waals surface area contributed by atoms with Crippen LogP contribution in [0.5, 0.6) is 0 Å². The van der Waals surface area contributed by atoms with Gasteiger partial charge in [0.15, 0.2) is 0 Å². The molecule has 0 heterocycles. The number of carbonyl (C=O) groups is 1. The first kappa shape index (κ1) is 13.8. The standard InChI is InChI=1S/C13H18ClNO2/c1-10-6-5-7-11(13(10)14)15-9-4-2-3-8-12(16)17/h5-7,15H,2-4,8-9H2,1H3,(H,16,17). The Labute approximate surface area is 107 Å². The van der Waals surface area contributed by atoms with Gasteiger partial charge in [-0.2, -0.15) is 0 Å². The van der Waals surface area contributed by atoms with Gasteiger partial charge < -0.3 is 10.4 Å². The normalized spacial score (nSPS) is 10.2. The van der Waals surface area contributed by atoms with Gasteiger partial charge in [0.25, 0.3) is 0 Å². The number of halogens is 1. The van der Waals surface area contributed by atoms with Gasteiger partial charge in [-0.1, -0.05) is 30.2 Å². The number of unbranched alkanes of at least 4 members (excludes halogenated alkanes) is 2. The average Bonchev–Trinajstić information content (AvgIpc) is 2.28. The summed E-state index contributed by atoms with van der Waals surface area (Å²) in [5.74, 6) is -0.723. The van der Waals surface area contributed by atoms with Crippen LogP contribution >= 0.6 is 11.6 Å². The van der Waals surface area contributed by atoms with Gasteiger partial charge in [0.2, 0.25) is 0 Å². The molecule has 17 heavy (non-hydrogen) atoms. The highest BCUT2D eigenvalue weighted by Gasteiger charge is 2.01. The predicted molar refractivity (Wildman–Crippen MR) is 70.8 cm³/mol. The molecule has 0 aliphatic rings. The second-order valence-corrected chi connectivity index (χ2v) is 4.45. The smallest absolute Gasteiger partial charge is 0.303 e. The largest absolute Gasteiger partial charge is 0.481 e. The van der Waals surface area contributed by atoms with E-state index in [0.29, 0.717) is 0 Å². The van der Waals surface area contributed by atoms with Crippen molar-refractivity contribution < 1.29 is 9.90 Å². The van der Waals surface area contributed by atoms with Gasteiger partial charge >= 0.3 is 5.97 Å². The van der Waals surface area contributed by atoms with Crippen molar-refractivity contribution in [3.63, 3.8) is 0 Å². The van der Waals surface area contributed by atoms with Crippen LogP contribution in [0, 0.1) is 6.92 Å². The summed E-state index contributed by atoms with van der Waals surface area (Å²) in [6.07, 6.45) is 2.87. The molecule has 0 aliphatic heterocycles. The number of carboxylic acids is 1. The topological polar surface area (TPSA) is 49.3 Å². The van der Waals surface area contributed by atoms with Crippen molar-refractivity contribution >= 4 is 23.3 Å². The fourth-order valence-corrected chi connectivity index (χ4v) is 1.78. The minimum Gasteiger partial charge on any atom is -0.481 e. The zero-order chi connectivity index (χ0) is 12.7. The number of anilines is 1. The lowest BCUT2D eigenvalue weighted by Crippen LogP contribution is -2.03. The van der Waals surface area contributed by atoms with Crippen LogP contribution in [0.3, 0.4) is 0 Å². The summed E-state index contributed by atoms with van der Waals surface area (Å²) < 4.78 is 0. The van der Waals surface area contributed by atoms with Crippen molar-refractivity contribution in [3.05, 3.63) is 28.8 Å². The number of benzene rings is 1. The fraction of sp³-hybridized carbons (Fsp3) is 0.462. The molecule has 0 atom stereocenters. The number of aliphatic carboxylic acids is 1. The molecule has 0 aromatic heterocycles. The van der Waals surface area contributed by atoms with Crippen molar-refractivity contribution in [1.82, 2.24) is 0 Å². The SMILES string of the molecule is Cc1cccc(NCCCCCC(=O)O)c1Cl. The number of aryl methyl sites for hydroxylation is 1. The zero-order valence-corrected chi connectivity index (χ0v) is 10.8. The maximum atomic E-state index is 10.3. The van der Waals surface area contributed by atoms with Crippen LogP contribution in [0.15, 0.2) is 18.2 Å². The van der Waals surface area contributed by atoms with Crippen LogP contribution in [0.4, 0.5) is 5.69 Å². The summed E-state index contributed by atoms with van der Waals surface area (Å²) >= 11 is 6.13. The van der Waals surface area contributed by atoms with E-state index in [1.807, 2.05) is 25.1 Å². The van der Waals surface area contributed by atoms with E-state index in [2.05, 4.69) is 5.32 Å². The molecule has 0 amide bonds. The van der Waals surface area contributed by atoms with Gasteiger partial charge in [-0.25, -0.2) is 0 Å². The highest BCUT2D eigenvalue weighted by molar-refractivity contribution is 6.33. The molecule has 3 nitrogen and oxygen atoms in total. The third kappa shape index (κ3) is 5.09. The molecule has 0 saturated carbocycles. The second kappa shape index (κ2) is 7.17. The molecule has 0 bridgehead atoms. The van der Waals surface area contributed by atoms with Crippen LogP contribution in [0.25, 0.3) is 0 Å². The molecule has 0 saturated heterocycles. The second-order valence-electron chi connectivity index (χ2n) is 4.07. The van der Waals surface area contributed by atoms with E-state index in [9.17, 15) is 4.79 Å². The van der Waals surface area contributed by atoms with Gasteiger partial charge in [-0.15, -0.1) is 0 Å². The summed E-state index contributed by atoms with van der Waals surface area (Å²) in [5.41, 5.74) is 2.01. The maximum absolute atomic E-state index is 10.3. The summed E-state index contributed by atoms with van der Waals surface area (Å²) in [6, 6.07) is 5.89. The Morgan fingerprint density at radius 2 is 2.12 bits per heavy atom. The molecule has 0 radical (unpaired) electrons. The molecule has 94 valence electrons. The molecule has 4 heteroatoms. The highest BCUT2D eigenvalue weighted by Crippen LogP contribution is 2.24. The first-order chi connectivity index (χ1) is 8.11. The molecule has 0 unspecified atom stereocenters. The van der Waals surface area contributed by atoms with Crippen molar-refractivity contribution in [1.29, 1.82) is 0 Å². The average molecular weight is 256 g/mol. The maximum Gasteiger partial charge on any atom is 0.303 e. The summed E-state index contributed by atoms with van der Waals surface area (Å²) in [7, 11) is 0. The minimum absolute atomic E-state index is 0.255. The number of nitrogens with one attached hydrogen (secondary N) is 1. The monoisotopic (exact) mass is 255 g/mol. The van der Waals surface area contributed by atoms with Gasteiger partial charge in [0.05, 0.1) is 10.7 Å². The number of hydrogen-bond donors (Lipinski definition) is 2. The van der Waals surface area contributed by atoms with E-state index in [4.69, 9.17) is 16.7 Å². The third-order valence-corrected chi connectivity index (χ3v) is 3.08. The third-order valence-electron chi connectivity index (χ3n) is 2.57. The van der Waals surface area contributed by atoms with Crippen molar-refractivity contribution in [3.8, 4) is 0 Å². The summed E-state index contributed by atoms with van der Waals surface area (Å²) in [6.45, 7) is 2.79. The Morgan fingerprint density at radius 3 is 2.82 bits per heavy atom. The van der Waals surface area contributed by atoms with E-state index < -0.39 is 5.97 Å². The zero-order valence-electron chi connectivity index (χ0n) is 10.0. The Balaban J connectivity index is 2.22. The summed E-state index contributed by atoms with van der Waals surface area (Å²) in [4.78, 5) is 10.3. The van der Waals surface area contributed by atoms with Crippen LogP contribution in [-0.4, -0.2) is 17.6 Å². The van der Waals surface area contributed by atoms with E-state index >= 15 is 0 Å². The molecule has 1 aromatic carbocycles. The Kier molecular flexibility index (Phi) is 5.84. The lowest BCUT2D eigenvalue weighted by atomic mass is 10.2. The fourth-order valence-electron chi connectivity index (χ4n) is 1.59. The Hall–Kier alpha value is -1.22. The quantitative estimate of drug-likeness (QED) is 0.731. The Bertz CT molecular complexity index is 380. The number of rotatable bonds is 7. The predicted octanol–water partition coefficient (Wildman–Crippen LogP) is 3.71. The van der Waals surface area contributed by atoms with Crippen LogP contribution in [0.2, 0.25) is 5.02 Å². The van der Waals surface area contributed by atoms with Crippen LogP contribution in [-0.2, 0) is 4.79 Å². The minimum atomic E-state index is -0.723. The van der Waals surface area contributed by atoms with Gasteiger partial charge in [-0.05, 0) is 31.4 Å².